The number of hydrogen-bond acceptors (Lipinski definition) is 5. The first kappa shape index (κ1) is 19.1. The topological polar surface area (TPSA) is 92.3 Å². The van der Waals surface area contributed by atoms with Gasteiger partial charge in [-0.25, -0.2) is 12.8 Å². The van der Waals surface area contributed by atoms with E-state index in [0.29, 0.717) is 17.0 Å². The number of carbonyl (C=O) groups is 2. The Kier molecular flexibility index (Phi) is 4.96. The maximum Gasteiger partial charge on any atom is 0.259 e. The normalized spacial score (nSPS) is 20.0. The molecule has 148 valence electrons. The van der Waals surface area contributed by atoms with Crippen LogP contribution in [0.15, 0.2) is 24.3 Å². The molecule has 4 rings (SSSR count). The molecule has 0 unspecified atom stereocenters. The van der Waals surface area contributed by atoms with Gasteiger partial charge in [-0.3, -0.25) is 9.59 Å². The van der Waals surface area contributed by atoms with Crippen molar-refractivity contribution in [3.05, 3.63) is 51.7 Å². The quantitative estimate of drug-likeness (QED) is 0.792. The lowest BCUT2D eigenvalue weighted by atomic mass is 10.1. The van der Waals surface area contributed by atoms with E-state index in [2.05, 4.69) is 10.6 Å². The summed E-state index contributed by atoms with van der Waals surface area (Å²) in [6.07, 6.45) is 2.87. The molecule has 6 nitrogen and oxygen atoms in total. The molecule has 2 aromatic rings. The van der Waals surface area contributed by atoms with Gasteiger partial charge in [0, 0.05) is 10.9 Å². The van der Waals surface area contributed by atoms with E-state index in [9.17, 15) is 22.4 Å². The van der Waals surface area contributed by atoms with Gasteiger partial charge in [-0.05, 0) is 43.4 Å². The molecular formula is C19H19FN2O4S2. The first-order chi connectivity index (χ1) is 13.3. The van der Waals surface area contributed by atoms with Gasteiger partial charge in [0.2, 0.25) is 0 Å². The molecule has 2 heterocycles. The van der Waals surface area contributed by atoms with Crippen molar-refractivity contribution >= 4 is 38.0 Å². The van der Waals surface area contributed by atoms with E-state index >= 15 is 0 Å². The number of aryl methyl sites for hydroxylation is 1. The third-order valence-electron chi connectivity index (χ3n) is 5.06. The number of hydrogen-bond donors (Lipinski definition) is 2. The van der Waals surface area contributed by atoms with Crippen LogP contribution in [-0.2, 0) is 22.7 Å². The largest absolute Gasteiger partial charge is 0.348 e. The van der Waals surface area contributed by atoms with Gasteiger partial charge in [0.25, 0.3) is 11.8 Å². The van der Waals surface area contributed by atoms with Crippen molar-refractivity contribution in [1.29, 1.82) is 0 Å². The summed E-state index contributed by atoms with van der Waals surface area (Å²) in [6.45, 7) is 0. The lowest BCUT2D eigenvalue weighted by molar-refractivity contribution is 0.0941. The van der Waals surface area contributed by atoms with Crippen LogP contribution in [0.2, 0.25) is 0 Å². The number of halogens is 1. The third kappa shape index (κ3) is 3.68. The molecule has 1 aliphatic carbocycles. The van der Waals surface area contributed by atoms with Crippen molar-refractivity contribution in [2.45, 2.75) is 31.7 Å². The number of anilines is 1. The predicted molar refractivity (Wildman–Crippen MR) is 105 cm³/mol. The van der Waals surface area contributed by atoms with Crippen LogP contribution in [0.3, 0.4) is 0 Å². The van der Waals surface area contributed by atoms with E-state index in [-0.39, 0.29) is 23.0 Å². The van der Waals surface area contributed by atoms with Crippen molar-refractivity contribution in [2.24, 2.45) is 0 Å². The Hall–Kier alpha value is -2.26. The van der Waals surface area contributed by atoms with E-state index in [1.54, 1.807) is 6.07 Å². The fourth-order valence-electron chi connectivity index (χ4n) is 3.71. The number of rotatable bonds is 4. The Morgan fingerprint density at radius 2 is 1.93 bits per heavy atom. The summed E-state index contributed by atoms with van der Waals surface area (Å²) in [5.74, 6) is -1.63. The van der Waals surface area contributed by atoms with Crippen LogP contribution in [0.4, 0.5) is 9.39 Å². The SMILES string of the molecule is O=C(Nc1sc2c(c1C(=O)N[C@H]1CCS(=O)(=O)C1)CCC2)c1ccccc1F. The molecule has 0 spiro atoms. The monoisotopic (exact) mass is 422 g/mol. The van der Waals surface area contributed by atoms with Gasteiger partial charge in [-0.1, -0.05) is 12.1 Å². The number of thiophene rings is 1. The Morgan fingerprint density at radius 3 is 2.64 bits per heavy atom. The van der Waals surface area contributed by atoms with E-state index in [1.165, 1.54) is 29.5 Å². The van der Waals surface area contributed by atoms with Gasteiger partial charge in [-0.2, -0.15) is 0 Å². The Bertz CT molecular complexity index is 1060. The molecular weight excluding hydrogens is 403 g/mol. The molecule has 0 radical (unpaired) electrons. The third-order valence-corrected chi connectivity index (χ3v) is 8.04. The first-order valence-corrected chi connectivity index (χ1v) is 11.7. The second-order valence-electron chi connectivity index (χ2n) is 7.07. The van der Waals surface area contributed by atoms with Gasteiger partial charge in [0.05, 0.1) is 22.6 Å². The minimum Gasteiger partial charge on any atom is -0.348 e. The molecule has 9 heteroatoms. The summed E-state index contributed by atoms with van der Waals surface area (Å²) in [4.78, 5) is 26.5. The summed E-state index contributed by atoms with van der Waals surface area (Å²) < 4.78 is 37.2. The molecule has 2 N–H and O–H groups in total. The van der Waals surface area contributed by atoms with Crippen LogP contribution in [-0.4, -0.2) is 37.8 Å². The summed E-state index contributed by atoms with van der Waals surface area (Å²) in [5, 5.41) is 5.86. The van der Waals surface area contributed by atoms with Crippen LogP contribution in [0.1, 0.15) is 44.0 Å². The predicted octanol–water partition coefficient (Wildman–Crippen LogP) is 2.55. The van der Waals surface area contributed by atoms with Gasteiger partial charge < -0.3 is 10.6 Å². The smallest absolute Gasteiger partial charge is 0.259 e. The summed E-state index contributed by atoms with van der Waals surface area (Å²) in [6, 6.07) is 5.23. The zero-order valence-corrected chi connectivity index (χ0v) is 16.6. The van der Waals surface area contributed by atoms with Crippen LogP contribution in [0.5, 0.6) is 0 Å². The zero-order chi connectivity index (χ0) is 19.9. The van der Waals surface area contributed by atoms with Gasteiger partial charge in [-0.15, -0.1) is 11.3 Å². The van der Waals surface area contributed by atoms with E-state index in [1.807, 2.05) is 0 Å². The van der Waals surface area contributed by atoms with Crippen molar-refractivity contribution in [1.82, 2.24) is 5.32 Å². The van der Waals surface area contributed by atoms with Crippen LogP contribution >= 0.6 is 11.3 Å². The molecule has 0 saturated carbocycles. The van der Waals surface area contributed by atoms with Gasteiger partial charge in [0.1, 0.15) is 10.8 Å². The summed E-state index contributed by atoms with van der Waals surface area (Å²) in [7, 11) is -3.11. The van der Waals surface area contributed by atoms with E-state index < -0.39 is 27.6 Å². The number of nitrogens with one attached hydrogen (secondary N) is 2. The summed E-state index contributed by atoms with van der Waals surface area (Å²) in [5.41, 5.74) is 1.18. The van der Waals surface area contributed by atoms with Crippen LogP contribution < -0.4 is 10.6 Å². The highest BCUT2D eigenvalue weighted by Crippen LogP contribution is 2.39. The Labute approximate surface area is 166 Å². The lowest BCUT2D eigenvalue weighted by Crippen LogP contribution is -2.36. The van der Waals surface area contributed by atoms with Crippen molar-refractivity contribution in [2.75, 3.05) is 16.8 Å². The van der Waals surface area contributed by atoms with E-state index in [0.717, 1.165) is 29.7 Å². The average Bonchev–Trinajstić information content (AvgIpc) is 3.29. The highest BCUT2D eigenvalue weighted by atomic mass is 32.2. The number of carbonyl (C=O) groups excluding carboxylic acids is 2. The Balaban J connectivity index is 1.60. The Morgan fingerprint density at radius 1 is 1.14 bits per heavy atom. The summed E-state index contributed by atoms with van der Waals surface area (Å²) >= 11 is 1.33. The second kappa shape index (κ2) is 7.29. The number of benzene rings is 1. The molecule has 1 fully saturated rings. The average molecular weight is 423 g/mol. The maximum atomic E-state index is 13.9. The van der Waals surface area contributed by atoms with E-state index in [4.69, 9.17) is 0 Å². The molecule has 1 saturated heterocycles. The second-order valence-corrected chi connectivity index (χ2v) is 10.4. The number of amides is 2. The maximum absolute atomic E-state index is 13.9. The van der Waals surface area contributed by atoms with Crippen LogP contribution in [0, 0.1) is 5.82 Å². The minimum atomic E-state index is -3.11. The number of sulfone groups is 1. The highest BCUT2D eigenvalue weighted by molar-refractivity contribution is 7.91. The van der Waals surface area contributed by atoms with Crippen molar-refractivity contribution in [3.8, 4) is 0 Å². The lowest BCUT2D eigenvalue weighted by Gasteiger charge is -2.13. The molecule has 1 aliphatic heterocycles. The van der Waals surface area contributed by atoms with Gasteiger partial charge >= 0.3 is 0 Å². The van der Waals surface area contributed by atoms with Crippen molar-refractivity contribution < 1.29 is 22.4 Å². The first-order valence-electron chi connectivity index (χ1n) is 9.06. The molecule has 1 aromatic carbocycles. The van der Waals surface area contributed by atoms with Crippen molar-refractivity contribution in [3.63, 3.8) is 0 Å². The number of fused-ring (bicyclic) bond motifs is 1. The fourth-order valence-corrected chi connectivity index (χ4v) is 6.67. The fraction of sp³-hybridized carbons (Fsp3) is 0.368. The molecule has 1 atom stereocenters. The molecule has 28 heavy (non-hydrogen) atoms. The molecule has 2 amide bonds. The molecule has 2 aliphatic rings. The van der Waals surface area contributed by atoms with Gasteiger partial charge in [0.15, 0.2) is 9.84 Å². The van der Waals surface area contributed by atoms with Crippen LogP contribution in [0.25, 0.3) is 0 Å². The standard InChI is InChI=1S/C19H19FN2O4S2/c20-14-6-2-1-4-12(14)17(23)22-19-16(13-5-3-7-15(13)27-19)18(24)21-11-8-9-28(25,26)10-11/h1-2,4,6,11H,3,5,7-10H2,(H,21,24)(H,22,23)/t11-/m0/s1. The molecule has 1 aromatic heterocycles. The zero-order valence-electron chi connectivity index (χ0n) is 15.0. The highest BCUT2D eigenvalue weighted by Gasteiger charge is 2.33. The minimum absolute atomic E-state index is 0.0660. The molecule has 0 bridgehead atoms.